The molecular weight excluding hydrogens is 384 g/mol. The molecule has 5 nitrogen and oxygen atoms in total. The summed E-state index contributed by atoms with van der Waals surface area (Å²) in [5.41, 5.74) is 6.35. The molecule has 0 saturated carbocycles. The molecule has 6 heteroatoms. The number of amides is 1. The van der Waals surface area contributed by atoms with Crippen molar-refractivity contribution in [3.8, 4) is 0 Å². The van der Waals surface area contributed by atoms with E-state index in [1.807, 2.05) is 38.1 Å². The van der Waals surface area contributed by atoms with Crippen LogP contribution in [0.1, 0.15) is 34.5 Å². The van der Waals surface area contributed by atoms with E-state index in [4.69, 9.17) is 4.74 Å². The highest BCUT2D eigenvalue weighted by molar-refractivity contribution is 9.10. The molecule has 0 spiro atoms. The number of methoxy groups -OCH3 is 1. The Balaban J connectivity index is 1.95. The second-order valence-electron chi connectivity index (χ2n) is 6.05. The number of rotatable bonds is 4. The van der Waals surface area contributed by atoms with Gasteiger partial charge in [-0.25, -0.2) is 0 Å². The van der Waals surface area contributed by atoms with Gasteiger partial charge in [0, 0.05) is 27.8 Å². The number of nitrogens with one attached hydrogen (secondary N) is 2. The van der Waals surface area contributed by atoms with Gasteiger partial charge in [0.1, 0.15) is 0 Å². The number of hydrogen-bond acceptors (Lipinski definition) is 3. The summed E-state index contributed by atoms with van der Waals surface area (Å²) in [6, 6.07) is 5.73. The van der Waals surface area contributed by atoms with Crippen LogP contribution in [0, 0.1) is 13.8 Å². The highest BCUT2D eigenvalue weighted by atomic mass is 79.9. The molecule has 1 aliphatic heterocycles. The first-order chi connectivity index (χ1) is 11.9. The van der Waals surface area contributed by atoms with E-state index < -0.39 is 0 Å². The molecule has 3 rings (SSSR count). The van der Waals surface area contributed by atoms with Crippen molar-refractivity contribution in [2.24, 2.45) is 0 Å². The highest BCUT2D eigenvalue weighted by Crippen LogP contribution is 2.35. The predicted octanol–water partition coefficient (Wildman–Crippen LogP) is 3.99. The number of halogens is 1. The van der Waals surface area contributed by atoms with Crippen LogP contribution in [0.3, 0.4) is 0 Å². The molecule has 1 aliphatic rings. The second kappa shape index (κ2) is 6.88. The summed E-state index contributed by atoms with van der Waals surface area (Å²) in [6.45, 7) is 3.97. The molecule has 2 N–H and O–H groups in total. The van der Waals surface area contributed by atoms with Crippen molar-refractivity contribution in [1.82, 2.24) is 4.98 Å². The van der Waals surface area contributed by atoms with Crippen LogP contribution in [-0.4, -0.2) is 24.0 Å². The van der Waals surface area contributed by atoms with Crippen molar-refractivity contribution in [2.45, 2.75) is 26.7 Å². The molecular formula is C19H19BrN2O3. The maximum Gasteiger partial charge on any atom is 0.305 e. The van der Waals surface area contributed by atoms with Gasteiger partial charge >= 0.3 is 5.97 Å². The van der Waals surface area contributed by atoms with Crippen molar-refractivity contribution in [2.75, 3.05) is 12.4 Å². The van der Waals surface area contributed by atoms with Crippen molar-refractivity contribution >= 4 is 45.1 Å². The number of ether oxygens (including phenoxy) is 1. The lowest BCUT2D eigenvalue weighted by Crippen LogP contribution is -2.03. The number of carbonyl (C=O) groups is 2. The van der Waals surface area contributed by atoms with Gasteiger partial charge in [-0.15, -0.1) is 0 Å². The summed E-state index contributed by atoms with van der Waals surface area (Å²) in [4.78, 5) is 27.1. The monoisotopic (exact) mass is 402 g/mol. The lowest BCUT2D eigenvalue weighted by atomic mass is 10.0. The maximum absolute atomic E-state index is 12.3. The topological polar surface area (TPSA) is 71.2 Å². The summed E-state index contributed by atoms with van der Waals surface area (Å²) in [7, 11) is 1.39. The standard InChI is InChI=1S/C19H19BrN2O3/c1-10-13(6-7-18(23)25-3)11(2)21-16(10)9-15-14-5-4-12(20)8-17(14)22-19(15)24/h4-5,8-9,21H,6-7H2,1-3H3,(H,22,24)/b15-9-. The lowest BCUT2D eigenvalue weighted by Gasteiger charge is -2.02. The van der Waals surface area contributed by atoms with Gasteiger partial charge in [-0.2, -0.15) is 0 Å². The van der Waals surface area contributed by atoms with Gasteiger partial charge in [0.15, 0.2) is 0 Å². The minimum atomic E-state index is -0.227. The van der Waals surface area contributed by atoms with E-state index in [2.05, 4.69) is 26.2 Å². The van der Waals surface area contributed by atoms with E-state index in [-0.39, 0.29) is 11.9 Å². The number of fused-ring (bicyclic) bond motifs is 1. The largest absolute Gasteiger partial charge is 0.469 e. The Bertz CT molecular complexity index is 896. The van der Waals surface area contributed by atoms with Crippen LogP contribution in [0.15, 0.2) is 22.7 Å². The lowest BCUT2D eigenvalue weighted by molar-refractivity contribution is -0.140. The number of esters is 1. The fourth-order valence-corrected chi connectivity index (χ4v) is 3.48. The van der Waals surface area contributed by atoms with Crippen LogP contribution in [0.25, 0.3) is 11.6 Å². The van der Waals surface area contributed by atoms with E-state index in [0.29, 0.717) is 18.4 Å². The van der Waals surface area contributed by atoms with Crippen molar-refractivity contribution < 1.29 is 14.3 Å². The third-order valence-corrected chi connectivity index (χ3v) is 4.98. The Morgan fingerprint density at radius 3 is 2.80 bits per heavy atom. The van der Waals surface area contributed by atoms with Crippen molar-refractivity contribution in [3.05, 3.63) is 50.8 Å². The SMILES string of the molecule is COC(=O)CCc1c(C)[nH]c(/C=C2\C(=O)Nc3cc(Br)ccc32)c1C. The van der Waals surface area contributed by atoms with Gasteiger partial charge in [-0.3, -0.25) is 9.59 Å². The smallest absolute Gasteiger partial charge is 0.305 e. The quantitative estimate of drug-likeness (QED) is 0.599. The van der Waals surface area contributed by atoms with E-state index >= 15 is 0 Å². The number of hydrogen-bond donors (Lipinski definition) is 2. The van der Waals surface area contributed by atoms with E-state index in [1.165, 1.54) is 7.11 Å². The molecule has 2 heterocycles. The molecule has 1 aromatic carbocycles. The molecule has 2 aromatic rings. The summed E-state index contributed by atoms with van der Waals surface area (Å²) in [5, 5.41) is 2.88. The molecule has 130 valence electrons. The molecule has 1 aromatic heterocycles. The summed E-state index contributed by atoms with van der Waals surface area (Å²) in [6.07, 6.45) is 2.82. The van der Waals surface area contributed by atoms with Crippen LogP contribution in [0.5, 0.6) is 0 Å². The summed E-state index contributed by atoms with van der Waals surface area (Å²) < 4.78 is 5.63. The number of carbonyl (C=O) groups excluding carboxylic acids is 2. The first-order valence-electron chi connectivity index (χ1n) is 7.98. The zero-order valence-corrected chi connectivity index (χ0v) is 15.9. The van der Waals surface area contributed by atoms with Crippen LogP contribution >= 0.6 is 15.9 Å². The second-order valence-corrected chi connectivity index (χ2v) is 6.96. The van der Waals surface area contributed by atoms with Gasteiger partial charge in [0.05, 0.1) is 18.4 Å². The maximum atomic E-state index is 12.3. The number of aromatic nitrogens is 1. The Kier molecular flexibility index (Phi) is 4.81. The molecule has 0 bridgehead atoms. The molecule has 0 aliphatic carbocycles. The van der Waals surface area contributed by atoms with E-state index in [0.717, 1.165) is 38.2 Å². The Labute approximate surface area is 154 Å². The molecule has 0 radical (unpaired) electrons. The van der Waals surface area contributed by atoms with Gasteiger partial charge in [-0.05, 0) is 49.6 Å². The van der Waals surface area contributed by atoms with Crippen LogP contribution in [-0.2, 0) is 20.7 Å². The first kappa shape index (κ1) is 17.5. The third kappa shape index (κ3) is 3.39. The van der Waals surface area contributed by atoms with Gasteiger partial charge in [0.2, 0.25) is 0 Å². The number of H-pyrrole nitrogens is 1. The number of aryl methyl sites for hydroxylation is 1. The van der Waals surface area contributed by atoms with Gasteiger partial charge in [-0.1, -0.05) is 22.0 Å². The number of anilines is 1. The molecule has 1 amide bonds. The van der Waals surface area contributed by atoms with Crippen LogP contribution < -0.4 is 5.32 Å². The van der Waals surface area contributed by atoms with Gasteiger partial charge in [0.25, 0.3) is 5.91 Å². The Hall–Kier alpha value is -2.34. The predicted molar refractivity (Wildman–Crippen MR) is 101 cm³/mol. The third-order valence-electron chi connectivity index (χ3n) is 4.49. The molecule has 0 atom stereocenters. The zero-order chi connectivity index (χ0) is 18.1. The first-order valence-corrected chi connectivity index (χ1v) is 8.78. The highest BCUT2D eigenvalue weighted by Gasteiger charge is 2.25. The normalized spacial score (nSPS) is 14.6. The van der Waals surface area contributed by atoms with Crippen LogP contribution in [0.2, 0.25) is 0 Å². The molecule has 0 fully saturated rings. The fourth-order valence-electron chi connectivity index (χ4n) is 3.12. The Morgan fingerprint density at radius 1 is 1.32 bits per heavy atom. The fraction of sp³-hybridized carbons (Fsp3) is 0.263. The molecule has 0 unspecified atom stereocenters. The summed E-state index contributed by atoms with van der Waals surface area (Å²) in [5.74, 6) is -0.342. The average molecular weight is 403 g/mol. The van der Waals surface area contributed by atoms with Crippen LogP contribution in [0.4, 0.5) is 5.69 Å². The van der Waals surface area contributed by atoms with Crippen molar-refractivity contribution in [3.63, 3.8) is 0 Å². The molecule has 0 saturated heterocycles. The Morgan fingerprint density at radius 2 is 2.08 bits per heavy atom. The zero-order valence-electron chi connectivity index (χ0n) is 14.3. The number of aromatic amines is 1. The van der Waals surface area contributed by atoms with E-state index in [9.17, 15) is 9.59 Å². The number of benzene rings is 1. The van der Waals surface area contributed by atoms with E-state index in [1.54, 1.807) is 0 Å². The summed E-state index contributed by atoms with van der Waals surface area (Å²) >= 11 is 3.42. The minimum absolute atomic E-state index is 0.115. The molecule has 25 heavy (non-hydrogen) atoms. The van der Waals surface area contributed by atoms with Gasteiger partial charge < -0.3 is 15.0 Å². The minimum Gasteiger partial charge on any atom is -0.469 e. The average Bonchev–Trinajstić information content (AvgIpc) is 3.02. The van der Waals surface area contributed by atoms with Crippen molar-refractivity contribution in [1.29, 1.82) is 0 Å².